The molecule has 5 rings (SSSR count). The normalized spacial score (nSPS) is 35.9. The van der Waals surface area contributed by atoms with Crippen molar-refractivity contribution < 1.29 is 62.6 Å². The van der Waals surface area contributed by atoms with Crippen molar-refractivity contribution in [1.29, 1.82) is 0 Å². The molecule has 13 nitrogen and oxygen atoms in total. The SMILES string of the molecule is CC(=O)OC1=C2C(C)C(O)CC(O)(C(OC(=O)c3ccccc3)C3[C@]4(OC(C)=O)COC4CC(OC(=O)OCC(Cl)(Cl)Cl)[C@@]3(C)C1=O)C2(C)C. The van der Waals surface area contributed by atoms with Crippen LogP contribution in [-0.2, 0) is 42.8 Å². The highest BCUT2D eigenvalue weighted by Crippen LogP contribution is 2.65. The first-order valence-electron chi connectivity index (χ1n) is 16.0. The Balaban J connectivity index is 1.83. The molecule has 0 aromatic heterocycles. The van der Waals surface area contributed by atoms with Crippen molar-refractivity contribution in [3.8, 4) is 0 Å². The van der Waals surface area contributed by atoms with Crippen LogP contribution in [0.1, 0.15) is 64.7 Å². The molecule has 9 atom stereocenters. The number of rotatable bonds is 6. The van der Waals surface area contributed by atoms with Gasteiger partial charge in [-0.1, -0.05) is 73.8 Å². The average Bonchev–Trinajstić information content (AvgIpc) is 3.01. The van der Waals surface area contributed by atoms with Crippen LogP contribution in [0.25, 0.3) is 0 Å². The number of fused-ring (bicyclic) bond motifs is 5. The van der Waals surface area contributed by atoms with Gasteiger partial charge in [-0.2, -0.15) is 0 Å². The van der Waals surface area contributed by atoms with Crippen LogP contribution in [0.5, 0.6) is 0 Å². The van der Waals surface area contributed by atoms with Crippen molar-refractivity contribution in [2.45, 2.75) is 93.8 Å². The Hall–Kier alpha value is -2.94. The van der Waals surface area contributed by atoms with E-state index in [1.54, 1.807) is 39.0 Å². The molecule has 1 aliphatic heterocycles. The molecule has 2 N–H and O–H groups in total. The van der Waals surface area contributed by atoms with Crippen LogP contribution in [-0.4, -0.2) is 92.7 Å². The second-order valence-corrected chi connectivity index (χ2v) is 16.6. The number of ketones is 1. The van der Waals surface area contributed by atoms with E-state index in [0.29, 0.717) is 0 Å². The number of hydrogen-bond acceptors (Lipinski definition) is 13. The molecule has 2 saturated carbocycles. The Kier molecular flexibility index (Phi) is 10.1. The van der Waals surface area contributed by atoms with Gasteiger partial charge in [-0.15, -0.1) is 0 Å². The van der Waals surface area contributed by atoms with Gasteiger partial charge in [0.1, 0.15) is 30.5 Å². The Morgan fingerprint density at radius 1 is 1.02 bits per heavy atom. The Morgan fingerprint density at radius 3 is 2.20 bits per heavy atom. The van der Waals surface area contributed by atoms with E-state index in [2.05, 4.69) is 0 Å². The lowest BCUT2D eigenvalue weighted by atomic mass is 9.45. The zero-order valence-corrected chi connectivity index (χ0v) is 30.5. The number of carbonyl (C=O) groups is 5. The topological polar surface area (TPSA) is 181 Å². The minimum atomic E-state index is -2.25. The van der Waals surface area contributed by atoms with Crippen LogP contribution >= 0.6 is 34.8 Å². The number of hydrogen-bond donors (Lipinski definition) is 2. The van der Waals surface area contributed by atoms with Crippen molar-refractivity contribution in [2.24, 2.45) is 22.7 Å². The number of carbonyl (C=O) groups excluding carboxylic acids is 5. The molecule has 1 aromatic rings. The number of esters is 3. The molecular weight excluding hydrogens is 723 g/mol. The molecule has 1 saturated heterocycles. The first-order valence-corrected chi connectivity index (χ1v) is 17.1. The predicted molar refractivity (Wildman–Crippen MR) is 175 cm³/mol. The summed E-state index contributed by atoms with van der Waals surface area (Å²) in [6.07, 6.45) is -7.70. The number of halogens is 3. The second-order valence-electron chi connectivity index (χ2n) is 14.1. The van der Waals surface area contributed by atoms with Crippen LogP contribution in [0.15, 0.2) is 41.7 Å². The highest BCUT2D eigenvalue weighted by atomic mass is 35.6. The number of Topliss-reactive ketones (excluding diaryl/α,β-unsaturated/α-hetero) is 1. The summed E-state index contributed by atoms with van der Waals surface area (Å²) in [4.78, 5) is 67.9. The highest BCUT2D eigenvalue weighted by Gasteiger charge is 2.78. The summed E-state index contributed by atoms with van der Waals surface area (Å²) in [6.45, 7) is 7.30. The van der Waals surface area contributed by atoms with Crippen LogP contribution in [0.3, 0.4) is 0 Å². The van der Waals surface area contributed by atoms with Crippen molar-refractivity contribution in [3.05, 3.63) is 47.2 Å². The van der Waals surface area contributed by atoms with Crippen molar-refractivity contribution in [2.75, 3.05) is 13.2 Å². The van der Waals surface area contributed by atoms with Crippen LogP contribution in [0, 0.1) is 22.7 Å². The fourth-order valence-electron chi connectivity index (χ4n) is 8.33. The largest absolute Gasteiger partial charge is 0.508 e. The lowest BCUT2D eigenvalue weighted by Gasteiger charge is -2.67. The number of alkyl halides is 3. The molecule has 1 aromatic carbocycles. The standard InChI is InChI=1S/C34H39Cl3O13/c1-16-20(40)13-33(44)27(49-28(42)19-10-8-7-9-11-19)25-31(6,26(41)24(47-17(2)38)23(16)30(33,4)5)21(48-29(43)46-15-34(35,36)37)12-22-32(25,14-45-22)50-18(3)39/h7-11,16,20-22,25,27,40,44H,12-15H2,1-6H3/t16?,20?,21?,22?,25?,27?,31-,32+,33?/m1/s1. The van der Waals surface area contributed by atoms with E-state index in [1.165, 1.54) is 19.1 Å². The summed E-state index contributed by atoms with van der Waals surface area (Å²) in [6, 6.07) is 7.85. The summed E-state index contributed by atoms with van der Waals surface area (Å²) in [5.74, 6) is -6.44. The smallest absolute Gasteiger partial charge is 0.455 e. The Morgan fingerprint density at radius 2 is 1.66 bits per heavy atom. The van der Waals surface area contributed by atoms with Gasteiger partial charge in [0.15, 0.2) is 11.4 Å². The van der Waals surface area contributed by atoms with Gasteiger partial charge < -0.3 is 38.6 Å². The molecule has 50 heavy (non-hydrogen) atoms. The molecule has 1 heterocycles. The van der Waals surface area contributed by atoms with E-state index in [-0.39, 0.29) is 24.2 Å². The van der Waals surface area contributed by atoms with E-state index in [4.69, 9.17) is 63.2 Å². The monoisotopic (exact) mass is 760 g/mol. The number of ether oxygens (including phenoxy) is 6. The van der Waals surface area contributed by atoms with Crippen LogP contribution in [0.4, 0.5) is 4.79 Å². The molecule has 0 amide bonds. The third-order valence-corrected chi connectivity index (χ3v) is 11.1. The average molecular weight is 762 g/mol. The number of benzene rings is 1. The van der Waals surface area contributed by atoms with Crippen LogP contribution in [0.2, 0.25) is 0 Å². The van der Waals surface area contributed by atoms with Gasteiger partial charge in [-0.25, -0.2) is 9.59 Å². The van der Waals surface area contributed by atoms with Gasteiger partial charge in [-0.3, -0.25) is 14.4 Å². The zero-order chi connectivity index (χ0) is 37.2. The van der Waals surface area contributed by atoms with E-state index in [0.717, 1.165) is 13.8 Å². The zero-order valence-electron chi connectivity index (χ0n) is 28.2. The van der Waals surface area contributed by atoms with Crippen molar-refractivity contribution in [1.82, 2.24) is 0 Å². The van der Waals surface area contributed by atoms with Gasteiger partial charge in [0.2, 0.25) is 9.58 Å². The van der Waals surface area contributed by atoms with Gasteiger partial charge in [0, 0.05) is 38.0 Å². The predicted octanol–water partition coefficient (Wildman–Crippen LogP) is 4.39. The van der Waals surface area contributed by atoms with Gasteiger partial charge >= 0.3 is 24.1 Å². The first kappa shape index (κ1) is 38.3. The Labute approximate surface area is 303 Å². The maximum atomic E-state index is 15.3. The van der Waals surface area contributed by atoms with E-state index >= 15 is 4.79 Å². The molecule has 7 unspecified atom stereocenters. The summed E-state index contributed by atoms with van der Waals surface area (Å²) >= 11 is 17.3. The summed E-state index contributed by atoms with van der Waals surface area (Å²) in [5.41, 5.74) is -7.53. The molecular formula is C34H39Cl3O13. The molecule has 3 aliphatic carbocycles. The summed E-state index contributed by atoms with van der Waals surface area (Å²) < 4.78 is 32.6. The van der Waals surface area contributed by atoms with Gasteiger partial charge in [0.05, 0.1) is 29.6 Å². The number of aliphatic hydroxyl groups is 2. The number of allylic oxidation sites excluding steroid dienone is 1. The minimum Gasteiger partial charge on any atom is -0.455 e. The summed E-state index contributed by atoms with van der Waals surface area (Å²) in [5, 5.41) is 24.6. The first-order chi connectivity index (χ1) is 23.1. The van der Waals surface area contributed by atoms with Gasteiger partial charge in [0.25, 0.3) is 0 Å². The van der Waals surface area contributed by atoms with Crippen molar-refractivity contribution in [3.63, 3.8) is 0 Å². The fraction of sp³-hybridized carbons (Fsp3) is 0.618. The highest BCUT2D eigenvalue weighted by molar-refractivity contribution is 6.67. The molecule has 2 bridgehead atoms. The minimum absolute atomic E-state index is 0.0606. The molecule has 0 radical (unpaired) electrons. The number of aliphatic hydroxyl groups excluding tert-OH is 1. The van der Waals surface area contributed by atoms with E-state index in [1.807, 2.05) is 0 Å². The molecule has 274 valence electrons. The van der Waals surface area contributed by atoms with Crippen molar-refractivity contribution >= 4 is 64.6 Å². The Bertz CT molecular complexity index is 1610. The van der Waals surface area contributed by atoms with Gasteiger partial charge in [-0.05, 0) is 24.6 Å². The maximum absolute atomic E-state index is 15.3. The third-order valence-electron chi connectivity index (χ3n) is 10.8. The van der Waals surface area contributed by atoms with Crippen LogP contribution < -0.4 is 0 Å². The van der Waals surface area contributed by atoms with E-state index in [9.17, 15) is 29.4 Å². The quantitative estimate of drug-likeness (QED) is 0.237. The second kappa shape index (κ2) is 13.2. The fourth-order valence-corrected chi connectivity index (χ4v) is 8.50. The molecule has 0 spiro atoms. The maximum Gasteiger partial charge on any atom is 0.508 e. The summed E-state index contributed by atoms with van der Waals surface area (Å²) in [7, 11) is 0. The van der Waals surface area contributed by atoms with E-state index < -0.39 is 111 Å². The molecule has 16 heteroatoms. The molecule has 4 aliphatic rings. The lowest BCUT2D eigenvalue weighted by molar-refractivity contribution is -0.345. The lowest BCUT2D eigenvalue weighted by Crippen LogP contribution is -2.81. The third kappa shape index (κ3) is 6.28. The molecule has 3 fully saturated rings.